The van der Waals surface area contributed by atoms with Crippen LogP contribution in [0.4, 0.5) is 5.69 Å². The van der Waals surface area contributed by atoms with Crippen molar-refractivity contribution in [3.05, 3.63) is 74.9 Å². The van der Waals surface area contributed by atoms with Crippen LogP contribution in [0.15, 0.2) is 47.0 Å². The second-order valence-electron chi connectivity index (χ2n) is 5.56. The molecule has 0 aliphatic heterocycles. The lowest BCUT2D eigenvalue weighted by Crippen LogP contribution is -2.23. The molecule has 10 heteroatoms. The maximum absolute atomic E-state index is 12.1. The number of aromatic nitrogens is 2. The van der Waals surface area contributed by atoms with Crippen LogP contribution in [0.1, 0.15) is 22.0 Å². The number of hydrogen-bond acceptors (Lipinski definition) is 6. The first-order chi connectivity index (χ1) is 12.9. The minimum atomic E-state index is -0.543. The van der Waals surface area contributed by atoms with Crippen molar-refractivity contribution in [2.45, 2.75) is 13.2 Å². The van der Waals surface area contributed by atoms with Crippen molar-refractivity contribution in [1.29, 1.82) is 0 Å². The number of nitro benzene ring substituents is 1. The number of carbonyl (C=O) groups excluding carboxylic acids is 1. The molecule has 2 aromatic heterocycles. The summed E-state index contributed by atoms with van der Waals surface area (Å²) in [5.74, 6) is 0.470. The third-order valence-corrected chi connectivity index (χ3v) is 4.03. The van der Waals surface area contributed by atoms with E-state index in [4.69, 9.17) is 20.8 Å². The highest BCUT2D eigenvalue weighted by molar-refractivity contribution is 6.32. The second-order valence-corrected chi connectivity index (χ2v) is 5.96. The standard InChI is InChI=1S/C17H15ClN4O5/c1-21-12(6-7-20-21)9-19-17(23)16-5-3-13(27-16)10-26-15-4-2-11(22(24)25)8-14(15)18/h2-8H,9-10H2,1H3,(H,19,23). The fraction of sp³-hybridized carbons (Fsp3) is 0.176. The van der Waals surface area contributed by atoms with E-state index in [0.717, 1.165) is 5.69 Å². The number of amides is 1. The van der Waals surface area contributed by atoms with Crippen LogP contribution in [-0.4, -0.2) is 20.6 Å². The van der Waals surface area contributed by atoms with E-state index in [2.05, 4.69) is 10.4 Å². The van der Waals surface area contributed by atoms with Gasteiger partial charge in [0.15, 0.2) is 5.76 Å². The molecule has 1 N–H and O–H groups in total. The lowest BCUT2D eigenvalue weighted by Gasteiger charge is -2.06. The molecule has 0 bridgehead atoms. The van der Waals surface area contributed by atoms with Gasteiger partial charge in [-0.25, -0.2) is 0 Å². The summed E-state index contributed by atoms with van der Waals surface area (Å²) in [6, 6.07) is 8.85. The first-order valence-electron chi connectivity index (χ1n) is 7.84. The van der Waals surface area contributed by atoms with Crippen LogP contribution in [0.3, 0.4) is 0 Å². The molecule has 3 aromatic rings. The first kappa shape index (κ1) is 18.5. The van der Waals surface area contributed by atoms with Crippen molar-refractivity contribution < 1.29 is 18.9 Å². The Morgan fingerprint density at radius 1 is 1.37 bits per heavy atom. The van der Waals surface area contributed by atoms with Gasteiger partial charge in [0, 0.05) is 25.4 Å². The number of hydrogen-bond donors (Lipinski definition) is 1. The normalized spacial score (nSPS) is 10.6. The zero-order valence-electron chi connectivity index (χ0n) is 14.2. The van der Waals surface area contributed by atoms with Crippen LogP contribution >= 0.6 is 11.6 Å². The zero-order chi connectivity index (χ0) is 19.4. The summed E-state index contributed by atoms with van der Waals surface area (Å²) in [5, 5.41) is 17.6. The fourth-order valence-electron chi connectivity index (χ4n) is 2.28. The van der Waals surface area contributed by atoms with Crippen molar-refractivity contribution in [1.82, 2.24) is 15.1 Å². The van der Waals surface area contributed by atoms with E-state index in [-0.39, 0.29) is 34.7 Å². The van der Waals surface area contributed by atoms with Gasteiger partial charge in [-0.05, 0) is 24.3 Å². The van der Waals surface area contributed by atoms with Gasteiger partial charge in [0.05, 0.1) is 22.2 Å². The van der Waals surface area contributed by atoms with Crippen LogP contribution in [0.25, 0.3) is 0 Å². The monoisotopic (exact) mass is 390 g/mol. The lowest BCUT2D eigenvalue weighted by molar-refractivity contribution is -0.384. The van der Waals surface area contributed by atoms with Gasteiger partial charge in [0.25, 0.3) is 11.6 Å². The molecule has 0 saturated carbocycles. The van der Waals surface area contributed by atoms with Gasteiger partial charge >= 0.3 is 0 Å². The number of furan rings is 1. The number of aryl methyl sites for hydroxylation is 1. The molecule has 0 aliphatic carbocycles. The summed E-state index contributed by atoms with van der Waals surface area (Å²) in [6.45, 7) is 0.340. The number of nitro groups is 1. The summed E-state index contributed by atoms with van der Waals surface area (Å²) < 4.78 is 12.6. The van der Waals surface area contributed by atoms with Crippen molar-refractivity contribution in [2.75, 3.05) is 0 Å². The number of non-ortho nitro benzene ring substituents is 1. The van der Waals surface area contributed by atoms with Crippen LogP contribution in [-0.2, 0) is 20.2 Å². The number of rotatable bonds is 7. The average molecular weight is 391 g/mol. The van der Waals surface area contributed by atoms with Crippen LogP contribution in [0.5, 0.6) is 5.75 Å². The number of carbonyl (C=O) groups is 1. The van der Waals surface area contributed by atoms with Crippen LogP contribution in [0, 0.1) is 10.1 Å². The quantitative estimate of drug-likeness (QED) is 0.490. The molecule has 9 nitrogen and oxygen atoms in total. The molecular formula is C17H15ClN4O5. The summed E-state index contributed by atoms with van der Waals surface area (Å²) in [5.41, 5.74) is 0.726. The fourth-order valence-corrected chi connectivity index (χ4v) is 2.51. The van der Waals surface area contributed by atoms with E-state index in [1.807, 2.05) is 0 Å². The molecule has 0 aliphatic rings. The summed E-state index contributed by atoms with van der Waals surface area (Å²) in [7, 11) is 1.78. The third kappa shape index (κ3) is 4.45. The van der Waals surface area contributed by atoms with E-state index in [1.165, 1.54) is 24.3 Å². The number of nitrogens with one attached hydrogen (secondary N) is 1. The minimum absolute atomic E-state index is 0.0204. The Kier molecular flexibility index (Phi) is 5.41. The molecule has 0 saturated heterocycles. The van der Waals surface area contributed by atoms with Crippen LogP contribution in [0.2, 0.25) is 5.02 Å². The molecule has 2 heterocycles. The van der Waals surface area contributed by atoms with Gasteiger partial charge in [-0.2, -0.15) is 5.10 Å². The van der Waals surface area contributed by atoms with E-state index in [9.17, 15) is 14.9 Å². The molecule has 1 aromatic carbocycles. The Morgan fingerprint density at radius 2 is 2.19 bits per heavy atom. The highest BCUT2D eigenvalue weighted by atomic mass is 35.5. The number of ether oxygens (including phenoxy) is 1. The topological polar surface area (TPSA) is 112 Å². The highest BCUT2D eigenvalue weighted by Gasteiger charge is 2.14. The number of nitrogens with zero attached hydrogens (tertiary/aromatic N) is 3. The Hall–Kier alpha value is -3.33. The molecule has 0 spiro atoms. The Bertz CT molecular complexity index is 981. The molecule has 1 amide bonds. The summed E-state index contributed by atoms with van der Waals surface area (Å²) in [4.78, 5) is 22.3. The molecule has 27 heavy (non-hydrogen) atoms. The number of halogens is 1. The van der Waals surface area contributed by atoms with E-state index in [1.54, 1.807) is 30.1 Å². The largest absolute Gasteiger partial charge is 0.484 e. The Labute approximate surface area is 158 Å². The summed E-state index contributed by atoms with van der Waals surface area (Å²) >= 11 is 5.97. The van der Waals surface area contributed by atoms with E-state index >= 15 is 0 Å². The van der Waals surface area contributed by atoms with Gasteiger partial charge in [0.2, 0.25) is 0 Å². The molecule has 0 atom stereocenters. The van der Waals surface area contributed by atoms with E-state index < -0.39 is 4.92 Å². The first-order valence-corrected chi connectivity index (χ1v) is 8.22. The van der Waals surface area contributed by atoms with Crippen molar-refractivity contribution >= 4 is 23.2 Å². The second kappa shape index (κ2) is 7.92. The molecule has 0 radical (unpaired) electrons. The predicted octanol–water partition coefficient (Wildman–Crippen LogP) is 3.08. The lowest BCUT2D eigenvalue weighted by atomic mass is 10.3. The van der Waals surface area contributed by atoms with Gasteiger partial charge in [-0.3, -0.25) is 19.6 Å². The van der Waals surface area contributed by atoms with Crippen molar-refractivity contribution in [3.63, 3.8) is 0 Å². The smallest absolute Gasteiger partial charge is 0.287 e. The van der Waals surface area contributed by atoms with Crippen LogP contribution < -0.4 is 10.1 Å². The molecule has 140 valence electrons. The Balaban J connectivity index is 1.57. The van der Waals surface area contributed by atoms with Gasteiger partial charge in [0.1, 0.15) is 18.1 Å². The number of benzene rings is 1. The maximum atomic E-state index is 12.1. The molecule has 0 unspecified atom stereocenters. The molecular weight excluding hydrogens is 376 g/mol. The maximum Gasteiger partial charge on any atom is 0.287 e. The van der Waals surface area contributed by atoms with Gasteiger partial charge in [-0.1, -0.05) is 11.6 Å². The zero-order valence-corrected chi connectivity index (χ0v) is 15.0. The molecule has 0 fully saturated rings. The third-order valence-electron chi connectivity index (χ3n) is 3.73. The SMILES string of the molecule is Cn1nccc1CNC(=O)c1ccc(COc2ccc([N+](=O)[O-])cc2Cl)o1. The van der Waals surface area contributed by atoms with Gasteiger partial charge < -0.3 is 14.5 Å². The predicted molar refractivity (Wildman–Crippen MR) is 95.5 cm³/mol. The minimum Gasteiger partial charge on any atom is -0.484 e. The van der Waals surface area contributed by atoms with Crippen molar-refractivity contribution in [3.8, 4) is 5.75 Å². The van der Waals surface area contributed by atoms with Crippen molar-refractivity contribution in [2.24, 2.45) is 7.05 Å². The summed E-state index contributed by atoms with van der Waals surface area (Å²) in [6.07, 6.45) is 1.65. The van der Waals surface area contributed by atoms with E-state index in [0.29, 0.717) is 12.3 Å². The van der Waals surface area contributed by atoms with Gasteiger partial charge in [-0.15, -0.1) is 0 Å². The Morgan fingerprint density at radius 3 is 2.85 bits per heavy atom. The average Bonchev–Trinajstić information content (AvgIpc) is 3.27. The highest BCUT2D eigenvalue weighted by Crippen LogP contribution is 2.29. The molecule has 3 rings (SSSR count).